The molecule has 1 aliphatic heterocycles. The average molecular weight is 386 g/mol. The zero-order valence-corrected chi connectivity index (χ0v) is 15.7. The van der Waals surface area contributed by atoms with Crippen molar-refractivity contribution in [2.45, 2.75) is 4.90 Å². The first kappa shape index (κ1) is 18.1. The standard InChI is InChI=1S/C19H22N4O3S/c20-7-8-22-9-11-23(12-10-22)27(25,26)14-5-6-18-17(13-14)15-3-1-2-4-16(15)19(24)21-18/h1-6,13H,7-12,20H2,(H,21,24). The monoisotopic (exact) mass is 386 g/mol. The Morgan fingerprint density at radius 2 is 1.67 bits per heavy atom. The van der Waals surface area contributed by atoms with E-state index in [1.54, 1.807) is 30.3 Å². The van der Waals surface area contributed by atoms with Gasteiger partial charge >= 0.3 is 0 Å². The fraction of sp³-hybridized carbons (Fsp3) is 0.316. The second kappa shape index (κ2) is 7.05. The number of nitrogens with two attached hydrogens (primary N) is 1. The molecule has 0 saturated carbocycles. The molecular weight excluding hydrogens is 364 g/mol. The summed E-state index contributed by atoms with van der Waals surface area (Å²) >= 11 is 0. The molecule has 4 rings (SSSR count). The predicted molar refractivity (Wildman–Crippen MR) is 106 cm³/mol. The molecule has 142 valence electrons. The van der Waals surface area contributed by atoms with Gasteiger partial charge in [-0.25, -0.2) is 8.42 Å². The maximum absolute atomic E-state index is 13.1. The van der Waals surface area contributed by atoms with Gasteiger partial charge in [0.1, 0.15) is 0 Å². The highest BCUT2D eigenvalue weighted by atomic mass is 32.2. The Labute approximate surface area is 157 Å². The van der Waals surface area contributed by atoms with E-state index in [-0.39, 0.29) is 10.5 Å². The minimum atomic E-state index is -3.59. The average Bonchev–Trinajstić information content (AvgIpc) is 2.69. The molecule has 0 aliphatic carbocycles. The van der Waals surface area contributed by atoms with Crippen LogP contribution in [0.1, 0.15) is 0 Å². The quantitative estimate of drug-likeness (QED) is 0.651. The lowest BCUT2D eigenvalue weighted by atomic mass is 10.1. The number of hydrogen-bond acceptors (Lipinski definition) is 5. The third kappa shape index (κ3) is 3.25. The molecule has 1 aliphatic rings. The normalized spacial score (nSPS) is 16.9. The van der Waals surface area contributed by atoms with E-state index in [0.717, 1.165) is 17.3 Å². The predicted octanol–water partition coefficient (Wildman–Crippen LogP) is 0.946. The van der Waals surface area contributed by atoms with Gasteiger partial charge in [0.25, 0.3) is 5.56 Å². The largest absolute Gasteiger partial charge is 0.329 e. The topological polar surface area (TPSA) is 99.5 Å². The van der Waals surface area contributed by atoms with Crippen molar-refractivity contribution in [2.75, 3.05) is 39.3 Å². The van der Waals surface area contributed by atoms with E-state index >= 15 is 0 Å². The molecule has 2 heterocycles. The van der Waals surface area contributed by atoms with Crippen molar-refractivity contribution >= 4 is 31.7 Å². The molecule has 0 unspecified atom stereocenters. The SMILES string of the molecule is NCCN1CCN(S(=O)(=O)c2ccc3[nH]c(=O)c4ccccc4c3c2)CC1. The van der Waals surface area contributed by atoms with Crippen molar-refractivity contribution in [3.8, 4) is 0 Å². The number of nitrogens with one attached hydrogen (secondary N) is 1. The summed E-state index contributed by atoms with van der Waals surface area (Å²) in [6, 6.07) is 12.1. The second-order valence-corrected chi connectivity index (χ2v) is 8.68. The Bertz CT molecular complexity index is 1150. The Morgan fingerprint density at radius 3 is 2.37 bits per heavy atom. The Hall–Kier alpha value is -2.26. The molecule has 0 amide bonds. The molecule has 27 heavy (non-hydrogen) atoms. The molecule has 0 spiro atoms. The van der Waals surface area contributed by atoms with Crippen LogP contribution in [0.2, 0.25) is 0 Å². The zero-order chi connectivity index (χ0) is 19.0. The van der Waals surface area contributed by atoms with Gasteiger partial charge in [-0.3, -0.25) is 9.69 Å². The highest BCUT2D eigenvalue weighted by molar-refractivity contribution is 7.89. The maximum Gasteiger partial charge on any atom is 0.256 e. The molecule has 0 bridgehead atoms. The van der Waals surface area contributed by atoms with Crippen LogP contribution in [0.3, 0.4) is 0 Å². The third-order valence-electron chi connectivity index (χ3n) is 5.12. The van der Waals surface area contributed by atoms with E-state index in [1.165, 1.54) is 4.31 Å². The van der Waals surface area contributed by atoms with Crippen LogP contribution in [0.5, 0.6) is 0 Å². The summed E-state index contributed by atoms with van der Waals surface area (Å²) in [6.45, 7) is 3.62. The molecular formula is C19H22N4O3S. The van der Waals surface area contributed by atoms with Gasteiger partial charge in [-0.1, -0.05) is 18.2 Å². The highest BCUT2D eigenvalue weighted by Crippen LogP contribution is 2.26. The van der Waals surface area contributed by atoms with Crippen molar-refractivity contribution < 1.29 is 8.42 Å². The van der Waals surface area contributed by atoms with Crippen molar-refractivity contribution in [1.82, 2.24) is 14.2 Å². The fourth-order valence-corrected chi connectivity index (χ4v) is 5.10. The Kier molecular flexibility index (Phi) is 4.73. The maximum atomic E-state index is 13.1. The van der Waals surface area contributed by atoms with Crippen molar-refractivity contribution in [3.63, 3.8) is 0 Å². The molecule has 2 aromatic carbocycles. The number of piperazine rings is 1. The molecule has 1 fully saturated rings. The summed E-state index contributed by atoms with van der Waals surface area (Å²) in [7, 11) is -3.59. The summed E-state index contributed by atoms with van der Waals surface area (Å²) in [5.41, 5.74) is 6.03. The molecule has 8 heteroatoms. The molecule has 0 atom stereocenters. The van der Waals surface area contributed by atoms with Crippen molar-refractivity contribution in [3.05, 3.63) is 52.8 Å². The van der Waals surface area contributed by atoms with Crippen LogP contribution in [0.25, 0.3) is 21.7 Å². The first-order valence-electron chi connectivity index (χ1n) is 8.98. The van der Waals surface area contributed by atoms with E-state index in [4.69, 9.17) is 5.73 Å². The molecule has 3 N–H and O–H groups in total. The summed E-state index contributed by atoms with van der Waals surface area (Å²) < 4.78 is 27.7. The van der Waals surface area contributed by atoms with Gasteiger partial charge in [0.15, 0.2) is 0 Å². The van der Waals surface area contributed by atoms with Crippen molar-refractivity contribution in [2.24, 2.45) is 5.73 Å². The minimum absolute atomic E-state index is 0.176. The molecule has 1 saturated heterocycles. The second-order valence-electron chi connectivity index (χ2n) is 6.74. The number of fused-ring (bicyclic) bond motifs is 3. The number of pyridine rings is 1. The number of rotatable bonds is 4. The first-order valence-corrected chi connectivity index (χ1v) is 10.4. The highest BCUT2D eigenvalue weighted by Gasteiger charge is 2.28. The lowest BCUT2D eigenvalue weighted by Gasteiger charge is -2.33. The summed E-state index contributed by atoms with van der Waals surface area (Å²) in [6.07, 6.45) is 0. The summed E-state index contributed by atoms with van der Waals surface area (Å²) in [4.78, 5) is 17.5. The van der Waals surface area contributed by atoms with Crippen molar-refractivity contribution in [1.29, 1.82) is 0 Å². The van der Waals surface area contributed by atoms with E-state index in [1.807, 2.05) is 12.1 Å². The van der Waals surface area contributed by atoms with Gasteiger partial charge < -0.3 is 10.7 Å². The summed E-state index contributed by atoms with van der Waals surface area (Å²) in [5.74, 6) is 0. The molecule has 3 aromatic rings. The molecule has 1 aromatic heterocycles. The van der Waals surface area contributed by atoms with Crippen LogP contribution >= 0.6 is 0 Å². The fourth-order valence-electron chi connectivity index (χ4n) is 3.65. The summed E-state index contributed by atoms with van der Waals surface area (Å²) in [5, 5.41) is 2.03. The van der Waals surface area contributed by atoms with Crippen LogP contribution in [-0.4, -0.2) is 61.9 Å². The van der Waals surface area contributed by atoms with Crippen LogP contribution < -0.4 is 11.3 Å². The van der Waals surface area contributed by atoms with Crippen LogP contribution in [-0.2, 0) is 10.0 Å². The van der Waals surface area contributed by atoms with Gasteiger partial charge in [-0.2, -0.15) is 4.31 Å². The number of aromatic amines is 1. The zero-order valence-electron chi connectivity index (χ0n) is 14.9. The smallest absolute Gasteiger partial charge is 0.256 e. The minimum Gasteiger partial charge on any atom is -0.329 e. The number of sulfonamides is 1. The third-order valence-corrected chi connectivity index (χ3v) is 7.01. The van der Waals surface area contributed by atoms with Gasteiger partial charge in [0.05, 0.1) is 4.90 Å². The number of H-pyrrole nitrogens is 1. The van der Waals surface area contributed by atoms with E-state index in [0.29, 0.717) is 43.6 Å². The first-order chi connectivity index (χ1) is 13.0. The van der Waals surface area contributed by atoms with Gasteiger partial charge in [-0.05, 0) is 29.7 Å². The Balaban J connectivity index is 1.74. The van der Waals surface area contributed by atoms with E-state index < -0.39 is 10.0 Å². The van der Waals surface area contributed by atoms with Crippen LogP contribution in [0, 0.1) is 0 Å². The van der Waals surface area contributed by atoms with E-state index in [2.05, 4.69) is 9.88 Å². The lowest BCUT2D eigenvalue weighted by Crippen LogP contribution is -2.49. The van der Waals surface area contributed by atoms with Crippen LogP contribution in [0.4, 0.5) is 0 Å². The number of benzene rings is 2. The lowest BCUT2D eigenvalue weighted by molar-refractivity contribution is 0.192. The van der Waals surface area contributed by atoms with E-state index in [9.17, 15) is 13.2 Å². The van der Waals surface area contributed by atoms with Crippen LogP contribution in [0.15, 0.2) is 52.2 Å². The number of nitrogens with zero attached hydrogens (tertiary/aromatic N) is 2. The Morgan fingerprint density at radius 1 is 0.963 bits per heavy atom. The van der Waals surface area contributed by atoms with Gasteiger partial charge in [0.2, 0.25) is 10.0 Å². The molecule has 7 nitrogen and oxygen atoms in total. The van der Waals surface area contributed by atoms with Gasteiger partial charge in [0, 0.05) is 55.6 Å². The number of hydrogen-bond donors (Lipinski definition) is 2. The number of aromatic nitrogens is 1. The molecule has 0 radical (unpaired) electrons. The van der Waals surface area contributed by atoms with Gasteiger partial charge in [-0.15, -0.1) is 0 Å².